The highest BCUT2D eigenvalue weighted by atomic mass is 32.1. The second-order valence-electron chi connectivity index (χ2n) is 13.8. The van der Waals surface area contributed by atoms with Crippen LogP contribution in [0.3, 0.4) is 0 Å². The van der Waals surface area contributed by atoms with Gasteiger partial charge in [-0.3, -0.25) is 0 Å². The Morgan fingerprint density at radius 3 is 2.37 bits per heavy atom. The lowest BCUT2D eigenvalue weighted by molar-refractivity contribution is 0.514. The van der Waals surface area contributed by atoms with E-state index in [1.54, 1.807) is 0 Å². The Bertz CT molecular complexity index is 2740. The molecule has 10 rings (SSSR count). The molecule has 49 heavy (non-hydrogen) atoms. The van der Waals surface area contributed by atoms with Crippen molar-refractivity contribution >= 4 is 86.5 Å². The van der Waals surface area contributed by atoms with E-state index in [1.165, 1.54) is 80.7 Å². The van der Waals surface area contributed by atoms with Gasteiger partial charge in [0, 0.05) is 49.2 Å². The maximum atomic E-state index is 6.93. The van der Waals surface area contributed by atoms with Gasteiger partial charge in [-0.2, -0.15) is 0 Å². The summed E-state index contributed by atoms with van der Waals surface area (Å²) in [6, 6.07) is 37.7. The quantitative estimate of drug-likeness (QED) is 0.186. The van der Waals surface area contributed by atoms with Crippen molar-refractivity contribution in [1.82, 2.24) is 4.57 Å². The van der Waals surface area contributed by atoms with Crippen LogP contribution in [0, 0.1) is 11.8 Å². The van der Waals surface area contributed by atoms with Crippen LogP contribution in [0.25, 0.3) is 75.2 Å². The van der Waals surface area contributed by atoms with Gasteiger partial charge in [0.05, 0.1) is 21.1 Å². The number of thiophene rings is 1. The second-order valence-corrected chi connectivity index (χ2v) is 14.9. The fourth-order valence-electron chi connectivity index (χ4n) is 9.02. The third kappa shape index (κ3) is 4.25. The Morgan fingerprint density at radius 2 is 1.51 bits per heavy atom. The van der Waals surface area contributed by atoms with E-state index in [2.05, 4.69) is 146 Å². The van der Waals surface area contributed by atoms with Crippen molar-refractivity contribution in [1.29, 1.82) is 0 Å². The zero-order valence-corrected chi connectivity index (χ0v) is 28.7. The number of aromatic nitrogens is 1. The molecule has 2 atom stereocenters. The van der Waals surface area contributed by atoms with Crippen LogP contribution in [-0.4, -0.2) is 4.57 Å². The predicted molar refractivity (Wildman–Crippen MR) is 211 cm³/mol. The Labute approximate surface area is 290 Å². The van der Waals surface area contributed by atoms with Crippen molar-refractivity contribution in [2.24, 2.45) is 11.8 Å². The van der Waals surface area contributed by atoms with E-state index >= 15 is 0 Å². The molecule has 0 spiro atoms. The molecule has 8 aromatic rings. The third-order valence-electron chi connectivity index (χ3n) is 11.2. The standard InChI is InChI=1S/C46H37NOS/c1-3-29-27-31-17-7-8-18-32(31)33(30-15-5-4-6-16-30)26-25-28(2)43(29)47-37-22-12-9-19-34(37)42-44(47)46-41(36-21-11-14-24-39(36)49-46)40-35-20-10-13-23-38(35)48-45(40)42/h4-24,29,31H,3,25-27H2,1-2H3/b33-32+,43-28+. The van der Waals surface area contributed by atoms with Crippen molar-refractivity contribution in [3.8, 4) is 0 Å². The van der Waals surface area contributed by atoms with Gasteiger partial charge < -0.3 is 8.98 Å². The van der Waals surface area contributed by atoms with E-state index in [0.29, 0.717) is 11.8 Å². The number of fused-ring (bicyclic) bond motifs is 13. The van der Waals surface area contributed by atoms with E-state index in [-0.39, 0.29) is 0 Å². The van der Waals surface area contributed by atoms with Gasteiger partial charge in [-0.1, -0.05) is 122 Å². The minimum absolute atomic E-state index is 0.366. The molecule has 3 heterocycles. The van der Waals surface area contributed by atoms with Crippen LogP contribution in [0.15, 0.2) is 143 Å². The fourth-order valence-corrected chi connectivity index (χ4v) is 10.3. The van der Waals surface area contributed by atoms with Gasteiger partial charge in [0.25, 0.3) is 0 Å². The Balaban J connectivity index is 1.33. The van der Waals surface area contributed by atoms with Gasteiger partial charge in [0.1, 0.15) is 11.2 Å². The van der Waals surface area contributed by atoms with Crippen LogP contribution in [0.2, 0.25) is 0 Å². The largest absolute Gasteiger partial charge is 0.455 e. The van der Waals surface area contributed by atoms with Crippen LogP contribution in [0.5, 0.6) is 0 Å². The molecule has 2 nitrogen and oxygen atoms in total. The predicted octanol–water partition coefficient (Wildman–Crippen LogP) is 13.7. The molecule has 0 bridgehead atoms. The summed E-state index contributed by atoms with van der Waals surface area (Å²) in [5.41, 5.74) is 11.8. The summed E-state index contributed by atoms with van der Waals surface area (Å²) in [5.74, 6) is 0.742. The molecule has 0 saturated carbocycles. The molecule has 2 aliphatic carbocycles. The lowest BCUT2D eigenvalue weighted by Crippen LogP contribution is -2.16. The van der Waals surface area contributed by atoms with Gasteiger partial charge in [-0.05, 0) is 67.5 Å². The van der Waals surface area contributed by atoms with Crippen molar-refractivity contribution in [2.45, 2.75) is 39.5 Å². The molecule has 2 unspecified atom stereocenters. The number of para-hydroxylation sites is 2. The lowest BCUT2D eigenvalue weighted by atomic mass is 9.80. The first-order valence-electron chi connectivity index (χ1n) is 17.7. The van der Waals surface area contributed by atoms with Gasteiger partial charge in [0.2, 0.25) is 0 Å². The van der Waals surface area contributed by atoms with Gasteiger partial charge >= 0.3 is 0 Å². The molecule has 0 N–H and O–H groups in total. The van der Waals surface area contributed by atoms with Crippen molar-refractivity contribution in [3.63, 3.8) is 0 Å². The van der Waals surface area contributed by atoms with Crippen LogP contribution >= 0.6 is 11.3 Å². The molecule has 0 radical (unpaired) electrons. The number of hydrogen-bond donors (Lipinski definition) is 0. The normalized spacial score (nSPS) is 21.7. The van der Waals surface area contributed by atoms with Crippen LogP contribution in [-0.2, 0) is 0 Å². The lowest BCUT2D eigenvalue weighted by Gasteiger charge is -2.28. The molecule has 5 aromatic carbocycles. The summed E-state index contributed by atoms with van der Waals surface area (Å²) in [6.45, 7) is 4.80. The maximum absolute atomic E-state index is 6.93. The Hall–Kier alpha value is -5.12. The molecule has 3 heteroatoms. The van der Waals surface area contributed by atoms with E-state index in [1.807, 2.05) is 11.3 Å². The van der Waals surface area contributed by atoms with Crippen molar-refractivity contribution in [3.05, 3.63) is 144 Å². The van der Waals surface area contributed by atoms with Crippen LogP contribution < -0.4 is 0 Å². The van der Waals surface area contributed by atoms with Gasteiger partial charge in [0.15, 0.2) is 0 Å². The first kappa shape index (κ1) is 28.9. The maximum Gasteiger partial charge on any atom is 0.146 e. The summed E-state index contributed by atoms with van der Waals surface area (Å²) in [5, 5.41) is 7.57. The summed E-state index contributed by atoms with van der Waals surface area (Å²) in [4.78, 5) is 0. The highest BCUT2D eigenvalue weighted by Gasteiger charge is 2.31. The number of rotatable bonds is 3. The van der Waals surface area contributed by atoms with E-state index < -0.39 is 0 Å². The minimum Gasteiger partial charge on any atom is -0.455 e. The highest BCUT2D eigenvalue weighted by Crippen LogP contribution is 2.52. The summed E-state index contributed by atoms with van der Waals surface area (Å²) >= 11 is 1.94. The molecule has 0 aliphatic heterocycles. The number of furan rings is 1. The summed E-state index contributed by atoms with van der Waals surface area (Å²) in [7, 11) is 0. The van der Waals surface area contributed by atoms with E-state index in [4.69, 9.17) is 4.42 Å². The highest BCUT2D eigenvalue weighted by molar-refractivity contribution is 7.27. The summed E-state index contributed by atoms with van der Waals surface area (Å²) in [6.07, 6.45) is 13.5. The Kier molecular flexibility index (Phi) is 6.61. The minimum atomic E-state index is 0.366. The molecular formula is C46H37NOS. The molecule has 0 amide bonds. The number of benzene rings is 5. The monoisotopic (exact) mass is 651 g/mol. The Morgan fingerprint density at radius 1 is 0.755 bits per heavy atom. The van der Waals surface area contributed by atoms with Gasteiger partial charge in [-0.25, -0.2) is 0 Å². The third-order valence-corrected chi connectivity index (χ3v) is 12.4. The molecule has 238 valence electrons. The molecule has 0 fully saturated rings. The molecule has 0 saturated heterocycles. The van der Waals surface area contributed by atoms with Crippen LogP contribution in [0.1, 0.15) is 45.1 Å². The van der Waals surface area contributed by atoms with Crippen molar-refractivity contribution in [2.75, 3.05) is 0 Å². The first-order valence-corrected chi connectivity index (χ1v) is 18.5. The number of allylic oxidation sites excluding steroid dienone is 8. The average molecular weight is 652 g/mol. The zero-order valence-electron chi connectivity index (χ0n) is 27.9. The smallest absolute Gasteiger partial charge is 0.146 e. The summed E-state index contributed by atoms with van der Waals surface area (Å²) < 4.78 is 12.3. The SMILES string of the molecule is CCC1CC2C=CC=C/C2=C(\c2ccccc2)CC/C(C)=C\1n1c2ccccc2c2c3oc4ccccc4c3c3c4ccccc4sc3c21. The second kappa shape index (κ2) is 11.2. The zero-order chi connectivity index (χ0) is 32.6. The molecule has 2 aliphatic rings. The van der Waals surface area contributed by atoms with Crippen LogP contribution in [0.4, 0.5) is 0 Å². The van der Waals surface area contributed by atoms with Gasteiger partial charge in [-0.15, -0.1) is 11.3 Å². The first-order chi connectivity index (χ1) is 24.2. The fraction of sp³-hybridized carbons (Fsp3) is 0.174. The van der Waals surface area contributed by atoms with E-state index in [9.17, 15) is 0 Å². The molecule has 3 aromatic heterocycles. The number of nitrogens with zero attached hydrogens (tertiary/aromatic N) is 1. The van der Waals surface area contributed by atoms with Crippen molar-refractivity contribution < 1.29 is 4.42 Å². The van der Waals surface area contributed by atoms with E-state index in [0.717, 1.165) is 36.8 Å². The average Bonchev–Trinajstić information content (AvgIpc) is 3.83. The number of hydrogen-bond acceptors (Lipinski definition) is 2. The molecular weight excluding hydrogens is 615 g/mol. The topological polar surface area (TPSA) is 18.1 Å².